The Morgan fingerprint density at radius 3 is 2.86 bits per heavy atom. The van der Waals surface area contributed by atoms with E-state index in [0.717, 1.165) is 18.8 Å². The van der Waals surface area contributed by atoms with E-state index < -0.39 is 0 Å². The molecule has 1 aromatic rings. The molecule has 2 atom stereocenters. The second-order valence-electron chi connectivity index (χ2n) is 5.74. The van der Waals surface area contributed by atoms with Crippen LogP contribution in [-0.2, 0) is 12.8 Å². The fourth-order valence-electron chi connectivity index (χ4n) is 3.65. The van der Waals surface area contributed by atoms with Crippen molar-refractivity contribution in [3.8, 4) is 6.01 Å². The SMILES string of the molecule is CCCN1CCC[C@@H]2Cc3nc(OC)ncc3C[C@H]21.Cl.Cl. The molecule has 3 rings (SSSR count). The van der Waals surface area contributed by atoms with Crippen LogP contribution in [-0.4, -0.2) is 41.1 Å². The summed E-state index contributed by atoms with van der Waals surface area (Å²) in [5, 5.41) is 0. The maximum Gasteiger partial charge on any atom is 0.316 e. The molecule has 2 aliphatic rings. The number of piperidine rings is 1. The van der Waals surface area contributed by atoms with Crippen LogP contribution in [0, 0.1) is 5.92 Å². The summed E-state index contributed by atoms with van der Waals surface area (Å²) >= 11 is 0. The van der Waals surface area contributed by atoms with Gasteiger partial charge in [-0.1, -0.05) is 6.92 Å². The lowest BCUT2D eigenvalue weighted by atomic mass is 9.77. The van der Waals surface area contributed by atoms with Gasteiger partial charge < -0.3 is 4.74 Å². The Morgan fingerprint density at radius 2 is 2.14 bits per heavy atom. The van der Waals surface area contributed by atoms with Crippen molar-refractivity contribution in [2.75, 3.05) is 20.2 Å². The van der Waals surface area contributed by atoms with Crippen LogP contribution in [0.3, 0.4) is 0 Å². The third kappa shape index (κ3) is 3.79. The van der Waals surface area contributed by atoms with Crippen molar-refractivity contribution in [2.24, 2.45) is 5.92 Å². The summed E-state index contributed by atoms with van der Waals surface area (Å²) in [5.41, 5.74) is 2.54. The van der Waals surface area contributed by atoms with E-state index in [2.05, 4.69) is 21.8 Å². The highest BCUT2D eigenvalue weighted by Gasteiger charge is 2.35. The lowest BCUT2D eigenvalue weighted by Gasteiger charge is -2.44. The highest BCUT2D eigenvalue weighted by molar-refractivity contribution is 5.85. The highest BCUT2D eigenvalue weighted by atomic mass is 35.5. The summed E-state index contributed by atoms with van der Waals surface area (Å²) in [7, 11) is 1.64. The van der Waals surface area contributed by atoms with E-state index in [1.54, 1.807) is 7.11 Å². The second kappa shape index (κ2) is 8.16. The maximum absolute atomic E-state index is 5.14. The van der Waals surface area contributed by atoms with E-state index in [4.69, 9.17) is 4.74 Å². The fraction of sp³-hybridized carbons (Fsp3) is 0.733. The molecule has 0 saturated carbocycles. The Labute approximate surface area is 139 Å². The van der Waals surface area contributed by atoms with Crippen LogP contribution in [0.5, 0.6) is 6.01 Å². The molecule has 1 saturated heterocycles. The summed E-state index contributed by atoms with van der Waals surface area (Å²) < 4.78 is 5.14. The third-order valence-corrected chi connectivity index (χ3v) is 4.54. The summed E-state index contributed by atoms with van der Waals surface area (Å²) in [4.78, 5) is 11.5. The van der Waals surface area contributed by atoms with Crippen molar-refractivity contribution in [1.29, 1.82) is 0 Å². The molecule has 1 aromatic heterocycles. The van der Waals surface area contributed by atoms with Gasteiger partial charge in [0.15, 0.2) is 0 Å². The van der Waals surface area contributed by atoms with Crippen LogP contribution >= 0.6 is 24.8 Å². The van der Waals surface area contributed by atoms with Gasteiger partial charge in [0.1, 0.15) is 0 Å². The maximum atomic E-state index is 5.14. The molecule has 1 aliphatic carbocycles. The Hall–Kier alpha value is -0.580. The quantitative estimate of drug-likeness (QED) is 0.852. The van der Waals surface area contributed by atoms with E-state index in [-0.39, 0.29) is 24.8 Å². The van der Waals surface area contributed by atoms with Crippen LogP contribution < -0.4 is 4.74 Å². The van der Waals surface area contributed by atoms with Crippen LogP contribution in [0.1, 0.15) is 37.4 Å². The van der Waals surface area contributed by atoms with Gasteiger partial charge >= 0.3 is 6.01 Å². The smallest absolute Gasteiger partial charge is 0.316 e. The average molecular weight is 334 g/mol. The number of hydrogen-bond acceptors (Lipinski definition) is 4. The number of nitrogens with zero attached hydrogens (tertiary/aromatic N) is 3. The largest absolute Gasteiger partial charge is 0.467 e. The molecule has 21 heavy (non-hydrogen) atoms. The van der Waals surface area contributed by atoms with E-state index >= 15 is 0 Å². The average Bonchev–Trinajstić information content (AvgIpc) is 2.45. The van der Waals surface area contributed by atoms with Gasteiger partial charge in [0.05, 0.1) is 12.8 Å². The summed E-state index contributed by atoms with van der Waals surface area (Å²) in [6.07, 6.45) is 8.10. The molecule has 0 spiro atoms. The van der Waals surface area contributed by atoms with Crippen molar-refractivity contribution in [2.45, 2.75) is 45.1 Å². The topological polar surface area (TPSA) is 38.2 Å². The number of rotatable bonds is 3. The summed E-state index contributed by atoms with van der Waals surface area (Å²) in [5.74, 6) is 0.771. The molecule has 0 radical (unpaired) electrons. The fourth-order valence-corrected chi connectivity index (χ4v) is 3.65. The summed E-state index contributed by atoms with van der Waals surface area (Å²) in [6, 6.07) is 1.22. The van der Waals surface area contributed by atoms with E-state index in [0.29, 0.717) is 12.1 Å². The molecule has 1 fully saturated rings. The van der Waals surface area contributed by atoms with Crippen LogP contribution in [0.25, 0.3) is 0 Å². The van der Waals surface area contributed by atoms with E-state index in [9.17, 15) is 0 Å². The van der Waals surface area contributed by atoms with Gasteiger partial charge in [0.25, 0.3) is 0 Å². The minimum atomic E-state index is 0. The summed E-state index contributed by atoms with van der Waals surface area (Å²) in [6.45, 7) is 4.77. The molecule has 0 N–H and O–H groups in total. The first-order chi connectivity index (χ1) is 9.31. The Kier molecular flexibility index (Phi) is 7.17. The lowest BCUT2D eigenvalue weighted by Crippen LogP contribution is -2.49. The number of aromatic nitrogens is 2. The predicted octanol–water partition coefficient (Wildman–Crippen LogP) is 2.92. The first kappa shape index (κ1) is 18.5. The number of ether oxygens (including phenoxy) is 1. The minimum absolute atomic E-state index is 0. The first-order valence-electron chi connectivity index (χ1n) is 7.44. The zero-order valence-electron chi connectivity index (χ0n) is 12.7. The van der Waals surface area contributed by atoms with Gasteiger partial charge in [-0.15, -0.1) is 24.8 Å². The molecule has 1 aliphatic heterocycles. The zero-order valence-corrected chi connectivity index (χ0v) is 14.4. The highest BCUT2D eigenvalue weighted by Crippen LogP contribution is 2.34. The molecule has 4 nitrogen and oxygen atoms in total. The molecule has 2 heterocycles. The lowest BCUT2D eigenvalue weighted by molar-refractivity contribution is 0.0842. The Morgan fingerprint density at radius 1 is 1.33 bits per heavy atom. The molecule has 0 unspecified atom stereocenters. The molecular formula is C15H25Cl2N3O. The van der Waals surface area contributed by atoms with Crippen molar-refractivity contribution >= 4 is 24.8 Å². The number of hydrogen-bond donors (Lipinski definition) is 0. The Bertz CT molecular complexity index is 457. The number of methoxy groups -OCH3 is 1. The van der Waals surface area contributed by atoms with Gasteiger partial charge in [-0.3, -0.25) is 4.90 Å². The van der Waals surface area contributed by atoms with Crippen molar-refractivity contribution in [3.63, 3.8) is 0 Å². The second-order valence-corrected chi connectivity index (χ2v) is 5.74. The van der Waals surface area contributed by atoms with Crippen molar-refractivity contribution < 1.29 is 4.74 Å². The first-order valence-corrected chi connectivity index (χ1v) is 7.44. The number of likely N-dealkylation sites (tertiary alicyclic amines) is 1. The normalized spacial score (nSPS) is 24.1. The van der Waals surface area contributed by atoms with Gasteiger partial charge in [0, 0.05) is 12.2 Å². The van der Waals surface area contributed by atoms with Crippen LogP contribution in [0.2, 0.25) is 0 Å². The molecule has 120 valence electrons. The van der Waals surface area contributed by atoms with Crippen molar-refractivity contribution in [1.82, 2.24) is 14.9 Å². The molecular weight excluding hydrogens is 309 g/mol. The standard InChI is InChI=1S/C15H23N3O.2ClH/c1-3-6-18-7-4-5-11-8-13-12(9-14(11)18)10-16-15(17-13)19-2;;/h10-11,14H,3-9H2,1-2H3;2*1H/t11-,14-;;/m1../s1. The third-order valence-electron chi connectivity index (χ3n) is 4.54. The van der Waals surface area contributed by atoms with E-state index in [1.807, 2.05) is 6.20 Å². The van der Waals surface area contributed by atoms with Crippen LogP contribution in [0.4, 0.5) is 0 Å². The molecule has 0 amide bonds. The molecule has 0 bridgehead atoms. The van der Waals surface area contributed by atoms with Crippen LogP contribution in [0.15, 0.2) is 6.20 Å². The minimum Gasteiger partial charge on any atom is -0.467 e. The van der Waals surface area contributed by atoms with Gasteiger partial charge in [-0.25, -0.2) is 4.98 Å². The van der Waals surface area contributed by atoms with Gasteiger partial charge in [-0.05, 0) is 56.7 Å². The van der Waals surface area contributed by atoms with Gasteiger partial charge in [0.2, 0.25) is 0 Å². The van der Waals surface area contributed by atoms with Crippen molar-refractivity contribution in [3.05, 3.63) is 17.5 Å². The Balaban J connectivity index is 0.00000110. The zero-order chi connectivity index (χ0) is 13.2. The van der Waals surface area contributed by atoms with E-state index in [1.165, 1.54) is 43.6 Å². The molecule has 0 aromatic carbocycles. The number of halogens is 2. The van der Waals surface area contributed by atoms with Gasteiger partial charge in [-0.2, -0.15) is 4.98 Å². The monoisotopic (exact) mass is 333 g/mol. The number of fused-ring (bicyclic) bond motifs is 2. The molecule has 6 heteroatoms. The predicted molar refractivity (Wildman–Crippen MR) is 88.9 cm³/mol.